The van der Waals surface area contributed by atoms with Crippen LogP contribution in [0.3, 0.4) is 0 Å². The molecule has 6 nitrogen and oxygen atoms in total. The van der Waals surface area contributed by atoms with Crippen molar-refractivity contribution in [2.24, 2.45) is 0 Å². The lowest BCUT2D eigenvalue weighted by molar-refractivity contribution is 0.0978. The lowest BCUT2D eigenvalue weighted by atomic mass is 10.2. The van der Waals surface area contributed by atoms with Gasteiger partial charge in [-0.15, -0.1) is 0 Å². The van der Waals surface area contributed by atoms with Gasteiger partial charge in [-0.1, -0.05) is 0 Å². The van der Waals surface area contributed by atoms with E-state index in [9.17, 15) is 4.79 Å². The average Bonchev–Trinajstić information content (AvgIpc) is 2.97. The number of aromatic nitrogens is 3. The highest BCUT2D eigenvalue weighted by Gasteiger charge is 2.10. The van der Waals surface area contributed by atoms with Crippen molar-refractivity contribution in [2.45, 2.75) is 0 Å². The number of rotatable bonds is 2. The van der Waals surface area contributed by atoms with Crippen LogP contribution in [0, 0.1) is 3.57 Å². The topological polar surface area (TPSA) is 79.8 Å². The van der Waals surface area contributed by atoms with Gasteiger partial charge < -0.3 is 5.32 Å². The molecule has 1 amide bonds. The lowest BCUT2D eigenvalue weighted by Crippen LogP contribution is -2.34. The number of hydrogen-bond acceptors (Lipinski definition) is 6. The zero-order chi connectivity index (χ0) is 15.5. The molecule has 0 spiro atoms. The van der Waals surface area contributed by atoms with Gasteiger partial charge in [0.05, 0.1) is 11.7 Å². The van der Waals surface area contributed by atoms with Crippen molar-refractivity contribution in [3.8, 4) is 0 Å². The molecule has 1 aromatic carbocycles. The standard InChI is InChI=1S/C13H8IN5OS2/c14-8-2-4-11(15-6-8)16-13(21)17-12(20)7-1-3-9-10(5-7)19-22-18-9/h1-6H,(H2,15,16,17,20,21). The summed E-state index contributed by atoms with van der Waals surface area (Å²) >= 11 is 8.39. The van der Waals surface area contributed by atoms with Crippen LogP contribution in [0.1, 0.15) is 10.4 Å². The van der Waals surface area contributed by atoms with Crippen molar-refractivity contribution < 1.29 is 4.79 Å². The Morgan fingerprint density at radius 1 is 1.18 bits per heavy atom. The normalized spacial score (nSPS) is 10.4. The van der Waals surface area contributed by atoms with Crippen molar-refractivity contribution >= 4 is 74.4 Å². The fourth-order valence-corrected chi connectivity index (χ4v) is 2.73. The van der Waals surface area contributed by atoms with Gasteiger partial charge in [-0.3, -0.25) is 10.1 Å². The molecule has 22 heavy (non-hydrogen) atoms. The fraction of sp³-hybridized carbons (Fsp3) is 0. The van der Waals surface area contributed by atoms with Crippen molar-refractivity contribution in [2.75, 3.05) is 5.32 Å². The van der Waals surface area contributed by atoms with E-state index in [0.29, 0.717) is 16.9 Å². The van der Waals surface area contributed by atoms with Gasteiger partial charge in [0.2, 0.25) is 0 Å². The molecule has 3 rings (SSSR count). The Morgan fingerprint density at radius 2 is 2.00 bits per heavy atom. The summed E-state index contributed by atoms with van der Waals surface area (Å²) in [6, 6.07) is 8.80. The summed E-state index contributed by atoms with van der Waals surface area (Å²) in [6.45, 7) is 0. The fourth-order valence-electron chi connectivity index (χ4n) is 1.70. The van der Waals surface area contributed by atoms with Gasteiger partial charge in [0.25, 0.3) is 5.91 Å². The Balaban J connectivity index is 1.67. The summed E-state index contributed by atoms with van der Waals surface area (Å²) < 4.78 is 9.22. The summed E-state index contributed by atoms with van der Waals surface area (Å²) in [5.41, 5.74) is 1.93. The third-order valence-corrected chi connectivity index (χ3v) is 4.11. The molecule has 0 radical (unpaired) electrons. The number of thiocarbonyl (C=S) groups is 1. The number of halogens is 1. The van der Waals surface area contributed by atoms with E-state index in [1.165, 1.54) is 0 Å². The molecular formula is C13H8IN5OS2. The largest absolute Gasteiger partial charge is 0.317 e. The molecule has 0 aliphatic heterocycles. The van der Waals surface area contributed by atoms with Crippen molar-refractivity contribution in [3.63, 3.8) is 0 Å². The smallest absolute Gasteiger partial charge is 0.257 e. The first-order valence-corrected chi connectivity index (χ1v) is 8.30. The van der Waals surface area contributed by atoms with Gasteiger partial charge in [0, 0.05) is 15.3 Å². The van der Waals surface area contributed by atoms with E-state index in [-0.39, 0.29) is 11.0 Å². The second-order valence-corrected chi connectivity index (χ2v) is 6.42. The highest BCUT2D eigenvalue weighted by Crippen LogP contribution is 2.13. The number of anilines is 1. The maximum absolute atomic E-state index is 12.2. The third-order valence-electron chi connectivity index (χ3n) is 2.71. The minimum Gasteiger partial charge on any atom is -0.317 e. The van der Waals surface area contributed by atoms with Crippen LogP contribution >= 0.6 is 46.5 Å². The molecule has 0 saturated heterocycles. The number of nitrogens with one attached hydrogen (secondary N) is 2. The molecule has 9 heteroatoms. The molecule has 0 atom stereocenters. The maximum atomic E-state index is 12.2. The molecule has 0 aliphatic carbocycles. The van der Waals surface area contributed by atoms with Gasteiger partial charge in [0.1, 0.15) is 16.9 Å². The van der Waals surface area contributed by atoms with Gasteiger partial charge >= 0.3 is 0 Å². The van der Waals surface area contributed by atoms with E-state index in [1.807, 2.05) is 6.07 Å². The molecule has 0 bridgehead atoms. The molecule has 2 aromatic heterocycles. The van der Waals surface area contributed by atoms with E-state index in [4.69, 9.17) is 12.2 Å². The summed E-state index contributed by atoms with van der Waals surface area (Å²) in [4.78, 5) is 16.3. The van der Waals surface area contributed by atoms with Crippen molar-refractivity contribution in [1.29, 1.82) is 0 Å². The number of fused-ring (bicyclic) bond motifs is 1. The second-order valence-electron chi connectivity index (χ2n) is 4.24. The van der Waals surface area contributed by atoms with Crippen molar-refractivity contribution in [1.82, 2.24) is 19.0 Å². The van der Waals surface area contributed by atoms with Crippen molar-refractivity contribution in [3.05, 3.63) is 45.7 Å². The highest BCUT2D eigenvalue weighted by atomic mass is 127. The predicted molar refractivity (Wildman–Crippen MR) is 98.1 cm³/mol. The first-order chi connectivity index (χ1) is 10.6. The molecule has 0 fully saturated rings. The first-order valence-electron chi connectivity index (χ1n) is 6.08. The van der Waals surface area contributed by atoms with Crippen LogP contribution in [-0.2, 0) is 0 Å². The third kappa shape index (κ3) is 3.54. The zero-order valence-electron chi connectivity index (χ0n) is 10.9. The van der Waals surface area contributed by atoms with Crippen LogP contribution < -0.4 is 10.6 Å². The monoisotopic (exact) mass is 441 g/mol. The minimum atomic E-state index is -0.307. The van der Waals surface area contributed by atoms with Crippen LogP contribution in [0.5, 0.6) is 0 Å². The number of amides is 1. The van der Waals surface area contributed by atoms with Gasteiger partial charge in [0.15, 0.2) is 5.11 Å². The summed E-state index contributed by atoms with van der Waals surface area (Å²) in [6.07, 6.45) is 1.70. The highest BCUT2D eigenvalue weighted by molar-refractivity contribution is 14.1. The Kier molecular flexibility index (Phi) is 4.55. The summed E-state index contributed by atoms with van der Waals surface area (Å²) in [7, 11) is 0. The Morgan fingerprint density at radius 3 is 2.77 bits per heavy atom. The average molecular weight is 441 g/mol. The lowest BCUT2D eigenvalue weighted by Gasteiger charge is -2.08. The molecule has 0 saturated carbocycles. The number of carbonyl (C=O) groups excluding carboxylic acids is 1. The number of nitrogens with zero attached hydrogens (tertiary/aromatic N) is 3. The van der Waals surface area contributed by atoms with Crippen LogP contribution in [0.25, 0.3) is 11.0 Å². The maximum Gasteiger partial charge on any atom is 0.257 e. The summed E-state index contributed by atoms with van der Waals surface area (Å²) in [5, 5.41) is 5.66. The number of benzene rings is 1. The van der Waals surface area contributed by atoms with E-state index in [2.05, 4.69) is 47.0 Å². The summed E-state index contributed by atoms with van der Waals surface area (Å²) in [5.74, 6) is 0.266. The van der Waals surface area contributed by atoms with E-state index in [0.717, 1.165) is 20.8 Å². The van der Waals surface area contributed by atoms with E-state index < -0.39 is 0 Å². The van der Waals surface area contributed by atoms with E-state index in [1.54, 1.807) is 30.5 Å². The number of pyridine rings is 1. The SMILES string of the molecule is O=C(NC(=S)Nc1ccc(I)cn1)c1ccc2nsnc2c1. The van der Waals surface area contributed by atoms with Crippen LogP contribution in [0.15, 0.2) is 36.5 Å². The Labute approximate surface area is 148 Å². The second kappa shape index (κ2) is 6.58. The quantitative estimate of drug-likeness (QED) is 0.471. The first kappa shape index (κ1) is 15.2. The molecule has 0 unspecified atom stereocenters. The number of hydrogen-bond donors (Lipinski definition) is 2. The van der Waals surface area contributed by atoms with Crippen LogP contribution in [-0.4, -0.2) is 24.8 Å². The van der Waals surface area contributed by atoms with E-state index >= 15 is 0 Å². The molecule has 3 aromatic rings. The van der Waals surface area contributed by atoms with Crippen LogP contribution in [0.4, 0.5) is 5.82 Å². The molecule has 2 N–H and O–H groups in total. The molecule has 110 valence electrons. The number of carbonyl (C=O) groups is 1. The van der Waals surface area contributed by atoms with Crippen LogP contribution in [0.2, 0.25) is 0 Å². The minimum absolute atomic E-state index is 0.190. The Hall–Kier alpha value is -1.72. The van der Waals surface area contributed by atoms with Gasteiger partial charge in [-0.25, -0.2) is 4.98 Å². The molecular weight excluding hydrogens is 433 g/mol. The Bertz CT molecular complexity index is 849. The zero-order valence-corrected chi connectivity index (χ0v) is 14.7. The molecule has 0 aliphatic rings. The predicted octanol–water partition coefficient (Wildman–Crippen LogP) is 2.82. The van der Waals surface area contributed by atoms with Gasteiger partial charge in [-0.2, -0.15) is 8.75 Å². The van der Waals surface area contributed by atoms with Gasteiger partial charge in [-0.05, 0) is 65.1 Å². The molecule has 2 heterocycles.